The molecule has 2 bridgehead atoms. The van der Waals surface area contributed by atoms with Gasteiger partial charge >= 0.3 is 0 Å². The molecule has 0 amide bonds. The summed E-state index contributed by atoms with van der Waals surface area (Å²) in [5, 5.41) is 3.42. The molecule has 3 atom stereocenters. The van der Waals surface area contributed by atoms with E-state index < -0.39 is 0 Å². The zero-order valence-electron chi connectivity index (χ0n) is 10.0. The predicted molar refractivity (Wildman–Crippen MR) is 62.0 cm³/mol. The number of rotatable bonds is 5. The van der Waals surface area contributed by atoms with Gasteiger partial charge in [-0.3, -0.25) is 4.90 Å². The van der Waals surface area contributed by atoms with Gasteiger partial charge in [-0.05, 0) is 31.8 Å². The fourth-order valence-corrected chi connectivity index (χ4v) is 2.74. The van der Waals surface area contributed by atoms with Gasteiger partial charge in [-0.1, -0.05) is 13.8 Å². The molecule has 0 saturated carbocycles. The molecule has 3 heteroatoms. The number of nitrogens with zero attached hydrogens (tertiary/aromatic N) is 1. The third-order valence-corrected chi connectivity index (χ3v) is 3.43. The van der Waals surface area contributed by atoms with E-state index in [9.17, 15) is 0 Å². The molecule has 3 unspecified atom stereocenters. The van der Waals surface area contributed by atoms with Crippen LogP contribution < -0.4 is 5.32 Å². The average molecular weight is 212 g/mol. The molecule has 2 saturated heterocycles. The minimum absolute atomic E-state index is 0.537. The van der Waals surface area contributed by atoms with Gasteiger partial charge in [-0.25, -0.2) is 0 Å². The molecule has 15 heavy (non-hydrogen) atoms. The van der Waals surface area contributed by atoms with Crippen LogP contribution in [0.25, 0.3) is 0 Å². The van der Waals surface area contributed by atoms with Crippen molar-refractivity contribution in [2.75, 3.05) is 32.7 Å². The van der Waals surface area contributed by atoms with Crippen LogP contribution in [-0.2, 0) is 4.74 Å². The highest BCUT2D eigenvalue weighted by Gasteiger charge is 2.33. The number of morpholine rings is 1. The normalized spacial score (nSPS) is 33.2. The van der Waals surface area contributed by atoms with Gasteiger partial charge in [0, 0.05) is 19.6 Å². The van der Waals surface area contributed by atoms with E-state index in [0.29, 0.717) is 12.2 Å². The first-order valence-corrected chi connectivity index (χ1v) is 6.36. The lowest BCUT2D eigenvalue weighted by Crippen LogP contribution is -2.45. The molecule has 0 aromatic heterocycles. The molecule has 0 aromatic rings. The van der Waals surface area contributed by atoms with Gasteiger partial charge in [-0.15, -0.1) is 0 Å². The summed E-state index contributed by atoms with van der Waals surface area (Å²) in [7, 11) is 0. The SMILES string of the molecule is CCNCC(C)CN1CC2CCC(C1)O2. The summed E-state index contributed by atoms with van der Waals surface area (Å²) in [5.74, 6) is 0.752. The predicted octanol–water partition coefficient (Wildman–Crippen LogP) is 1.10. The molecular formula is C12H24N2O. The maximum absolute atomic E-state index is 5.83. The molecule has 0 radical (unpaired) electrons. The van der Waals surface area contributed by atoms with Crippen LogP contribution in [0.3, 0.4) is 0 Å². The largest absolute Gasteiger partial charge is 0.372 e. The number of hydrogen-bond donors (Lipinski definition) is 1. The Labute approximate surface area is 93.2 Å². The van der Waals surface area contributed by atoms with Crippen molar-refractivity contribution in [3.8, 4) is 0 Å². The monoisotopic (exact) mass is 212 g/mol. The molecule has 1 N–H and O–H groups in total. The van der Waals surface area contributed by atoms with E-state index in [0.717, 1.165) is 32.1 Å². The van der Waals surface area contributed by atoms with Crippen molar-refractivity contribution in [2.24, 2.45) is 5.92 Å². The zero-order valence-corrected chi connectivity index (χ0v) is 10.0. The molecule has 2 heterocycles. The van der Waals surface area contributed by atoms with Crippen molar-refractivity contribution in [3.05, 3.63) is 0 Å². The van der Waals surface area contributed by atoms with Gasteiger partial charge in [-0.2, -0.15) is 0 Å². The van der Waals surface area contributed by atoms with E-state index >= 15 is 0 Å². The van der Waals surface area contributed by atoms with E-state index in [1.807, 2.05) is 0 Å². The Morgan fingerprint density at radius 3 is 2.60 bits per heavy atom. The van der Waals surface area contributed by atoms with Crippen LogP contribution >= 0.6 is 0 Å². The molecule has 3 nitrogen and oxygen atoms in total. The van der Waals surface area contributed by atoms with Gasteiger partial charge in [0.25, 0.3) is 0 Å². The van der Waals surface area contributed by atoms with Crippen molar-refractivity contribution in [1.29, 1.82) is 0 Å². The van der Waals surface area contributed by atoms with Crippen LogP contribution in [0.4, 0.5) is 0 Å². The van der Waals surface area contributed by atoms with Gasteiger partial charge in [0.15, 0.2) is 0 Å². The number of likely N-dealkylation sites (tertiary alicyclic amines) is 1. The van der Waals surface area contributed by atoms with E-state index in [4.69, 9.17) is 4.74 Å². The molecule has 2 aliphatic rings. The number of fused-ring (bicyclic) bond motifs is 2. The summed E-state index contributed by atoms with van der Waals surface area (Å²) in [4.78, 5) is 2.59. The number of ether oxygens (including phenoxy) is 1. The first-order valence-electron chi connectivity index (χ1n) is 6.36. The highest BCUT2D eigenvalue weighted by molar-refractivity contribution is 4.85. The van der Waals surface area contributed by atoms with Crippen molar-refractivity contribution < 1.29 is 4.74 Å². The minimum atomic E-state index is 0.537. The second-order valence-corrected chi connectivity index (χ2v) is 5.09. The first kappa shape index (κ1) is 11.4. The van der Waals surface area contributed by atoms with Crippen molar-refractivity contribution >= 4 is 0 Å². The lowest BCUT2D eigenvalue weighted by molar-refractivity contribution is -0.0417. The highest BCUT2D eigenvalue weighted by atomic mass is 16.5. The van der Waals surface area contributed by atoms with Gasteiger partial charge in [0.05, 0.1) is 12.2 Å². The molecule has 88 valence electrons. The summed E-state index contributed by atoms with van der Waals surface area (Å²) in [6, 6.07) is 0. The molecule has 2 rings (SSSR count). The summed E-state index contributed by atoms with van der Waals surface area (Å²) >= 11 is 0. The smallest absolute Gasteiger partial charge is 0.0707 e. The second-order valence-electron chi connectivity index (χ2n) is 5.09. The molecule has 2 aliphatic heterocycles. The standard InChI is InChI=1S/C12H24N2O/c1-3-13-6-10(2)7-14-8-11-4-5-12(9-14)15-11/h10-13H,3-9H2,1-2H3. The topological polar surface area (TPSA) is 24.5 Å². The molecule has 0 aliphatic carbocycles. The molecule has 2 fully saturated rings. The van der Waals surface area contributed by atoms with Crippen molar-refractivity contribution in [3.63, 3.8) is 0 Å². The lowest BCUT2D eigenvalue weighted by Gasteiger charge is -2.33. The second kappa shape index (κ2) is 5.28. The Hall–Kier alpha value is -0.120. The average Bonchev–Trinajstić information content (AvgIpc) is 2.55. The van der Waals surface area contributed by atoms with E-state index in [2.05, 4.69) is 24.1 Å². The summed E-state index contributed by atoms with van der Waals surface area (Å²) < 4.78 is 5.83. The third-order valence-electron chi connectivity index (χ3n) is 3.43. The molecule has 0 spiro atoms. The van der Waals surface area contributed by atoms with Crippen LogP contribution in [0, 0.1) is 5.92 Å². The van der Waals surface area contributed by atoms with Crippen molar-refractivity contribution in [2.45, 2.75) is 38.9 Å². The maximum atomic E-state index is 5.83. The van der Waals surface area contributed by atoms with E-state index in [1.165, 1.54) is 19.4 Å². The fourth-order valence-electron chi connectivity index (χ4n) is 2.74. The Bertz CT molecular complexity index is 186. The van der Waals surface area contributed by atoms with Crippen LogP contribution in [0.2, 0.25) is 0 Å². The fraction of sp³-hybridized carbons (Fsp3) is 1.00. The van der Waals surface area contributed by atoms with Gasteiger partial charge in [0.2, 0.25) is 0 Å². The Balaban J connectivity index is 1.70. The van der Waals surface area contributed by atoms with E-state index in [1.54, 1.807) is 0 Å². The zero-order chi connectivity index (χ0) is 10.7. The van der Waals surface area contributed by atoms with E-state index in [-0.39, 0.29) is 0 Å². The van der Waals surface area contributed by atoms with Crippen LogP contribution in [0.15, 0.2) is 0 Å². The first-order chi connectivity index (χ1) is 7.28. The summed E-state index contributed by atoms with van der Waals surface area (Å²) in [6.07, 6.45) is 3.64. The van der Waals surface area contributed by atoms with Crippen molar-refractivity contribution in [1.82, 2.24) is 10.2 Å². The van der Waals surface area contributed by atoms with Crippen LogP contribution in [-0.4, -0.2) is 49.8 Å². The Kier molecular flexibility index (Phi) is 4.00. The van der Waals surface area contributed by atoms with Crippen LogP contribution in [0.5, 0.6) is 0 Å². The Morgan fingerprint density at radius 2 is 2.00 bits per heavy atom. The molecular weight excluding hydrogens is 188 g/mol. The Morgan fingerprint density at radius 1 is 1.33 bits per heavy atom. The minimum Gasteiger partial charge on any atom is -0.372 e. The summed E-state index contributed by atoms with van der Waals surface area (Å²) in [6.45, 7) is 10.3. The number of hydrogen-bond acceptors (Lipinski definition) is 3. The highest BCUT2D eigenvalue weighted by Crippen LogP contribution is 2.26. The lowest BCUT2D eigenvalue weighted by atomic mass is 10.1. The summed E-state index contributed by atoms with van der Waals surface area (Å²) in [5.41, 5.74) is 0. The number of nitrogens with one attached hydrogen (secondary N) is 1. The maximum Gasteiger partial charge on any atom is 0.0707 e. The van der Waals surface area contributed by atoms with Gasteiger partial charge < -0.3 is 10.1 Å². The van der Waals surface area contributed by atoms with Gasteiger partial charge in [0.1, 0.15) is 0 Å². The van der Waals surface area contributed by atoms with Crippen LogP contribution in [0.1, 0.15) is 26.7 Å². The molecule has 0 aromatic carbocycles. The third kappa shape index (κ3) is 3.16. The quantitative estimate of drug-likeness (QED) is 0.738.